The maximum atomic E-state index is 13.0. The summed E-state index contributed by atoms with van der Waals surface area (Å²) in [7, 11) is 0. The lowest BCUT2D eigenvalue weighted by Crippen LogP contribution is -2.37. The Morgan fingerprint density at radius 2 is 2.00 bits per heavy atom. The van der Waals surface area contributed by atoms with Crippen LogP contribution in [-0.4, -0.2) is 49.6 Å². The van der Waals surface area contributed by atoms with Crippen molar-refractivity contribution < 1.29 is 9.59 Å². The molecule has 1 saturated heterocycles. The molecule has 3 aromatic rings. The summed E-state index contributed by atoms with van der Waals surface area (Å²) in [5, 5.41) is 10.2. The summed E-state index contributed by atoms with van der Waals surface area (Å²) in [4.78, 5) is 36.4. The van der Waals surface area contributed by atoms with Gasteiger partial charge in [0.2, 0.25) is 5.91 Å². The molecule has 3 aromatic heterocycles. The number of amides is 2. The zero-order valence-electron chi connectivity index (χ0n) is 20.1. The molecule has 34 heavy (non-hydrogen) atoms. The molecule has 1 fully saturated rings. The molecule has 0 aliphatic carbocycles. The van der Waals surface area contributed by atoms with E-state index in [4.69, 9.17) is 0 Å². The predicted molar refractivity (Wildman–Crippen MR) is 134 cm³/mol. The van der Waals surface area contributed by atoms with Crippen LogP contribution in [-0.2, 0) is 4.79 Å². The lowest BCUT2D eigenvalue weighted by Gasteiger charge is -2.31. The summed E-state index contributed by atoms with van der Waals surface area (Å²) in [6, 6.07) is 5.57. The van der Waals surface area contributed by atoms with Crippen molar-refractivity contribution in [3.8, 4) is 5.82 Å². The van der Waals surface area contributed by atoms with Gasteiger partial charge in [0, 0.05) is 42.7 Å². The number of nitrogens with zero attached hydrogens (tertiary/aromatic N) is 5. The van der Waals surface area contributed by atoms with Crippen molar-refractivity contribution >= 4 is 28.8 Å². The summed E-state index contributed by atoms with van der Waals surface area (Å²) in [6.45, 7) is 7.55. The zero-order chi connectivity index (χ0) is 24.1. The number of thiazole rings is 1. The molecule has 0 saturated carbocycles. The van der Waals surface area contributed by atoms with E-state index in [2.05, 4.69) is 27.3 Å². The molecule has 4 rings (SSSR count). The highest BCUT2D eigenvalue weighted by atomic mass is 32.1. The van der Waals surface area contributed by atoms with Crippen LogP contribution < -0.4 is 5.32 Å². The van der Waals surface area contributed by atoms with Crippen molar-refractivity contribution in [1.29, 1.82) is 0 Å². The molecule has 8 nitrogen and oxygen atoms in total. The highest BCUT2D eigenvalue weighted by Crippen LogP contribution is 2.31. The summed E-state index contributed by atoms with van der Waals surface area (Å²) in [5.74, 6) is 0.866. The van der Waals surface area contributed by atoms with E-state index < -0.39 is 0 Å². The first-order valence-corrected chi connectivity index (χ1v) is 12.9. The molecular formula is C25H32N6O2S. The molecule has 0 atom stereocenters. The van der Waals surface area contributed by atoms with E-state index in [1.807, 2.05) is 36.3 Å². The second-order valence-electron chi connectivity index (χ2n) is 8.85. The van der Waals surface area contributed by atoms with Gasteiger partial charge in [-0.05, 0) is 51.3 Å². The monoisotopic (exact) mass is 480 g/mol. The third kappa shape index (κ3) is 5.52. The van der Waals surface area contributed by atoms with Crippen molar-refractivity contribution in [3.63, 3.8) is 0 Å². The highest BCUT2D eigenvalue weighted by Gasteiger charge is 2.26. The SMILES string of the molecule is CCCCCC(=O)N1CCC(c2nc(C(=O)Nc3cccnc3-n3nc(C)cc3C)cs2)CC1. The maximum absolute atomic E-state index is 13.0. The number of hydrogen-bond donors (Lipinski definition) is 1. The molecule has 4 heterocycles. The van der Waals surface area contributed by atoms with E-state index in [-0.39, 0.29) is 17.7 Å². The van der Waals surface area contributed by atoms with E-state index in [1.54, 1.807) is 16.9 Å². The smallest absolute Gasteiger partial charge is 0.275 e. The number of hydrogen-bond acceptors (Lipinski definition) is 6. The number of anilines is 1. The van der Waals surface area contributed by atoms with Gasteiger partial charge in [-0.2, -0.15) is 5.10 Å². The molecule has 180 valence electrons. The lowest BCUT2D eigenvalue weighted by molar-refractivity contribution is -0.132. The number of nitrogens with one attached hydrogen (secondary N) is 1. The molecule has 0 unspecified atom stereocenters. The standard InChI is InChI=1S/C25H32N6O2S/c1-4-5-6-9-22(32)30-13-10-19(11-14-30)25-28-21(16-34-25)24(33)27-20-8-7-12-26-23(20)31-18(3)15-17(2)29-31/h7-8,12,15-16,19H,4-6,9-11,13-14H2,1-3H3,(H,27,33). The van der Waals surface area contributed by atoms with Crippen molar-refractivity contribution in [1.82, 2.24) is 24.6 Å². The minimum atomic E-state index is -0.262. The first-order chi connectivity index (χ1) is 16.5. The van der Waals surface area contributed by atoms with Crippen LogP contribution >= 0.6 is 11.3 Å². The molecule has 9 heteroatoms. The average Bonchev–Trinajstić information content (AvgIpc) is 3.46. The Balaban J connectivity index is 1.38. The number of piperidine rings is 1. The van der Waals surface area contributed by atoms with E-state index >= 15 is 0 Å². The molecular weight excluding hydrogens is 448 g/mol. The number of likely N-dealkylation sites (tertiary alicyclic amines) is 1. The first kappa shape index (κ1) is 24.1. The van der Waals surface area contributed by atoms with Crippen LogP contribution in [0.15, 0.2) is 29.8 Å². The van der Waals surface area contributed by atoms with E-state index in [0.717, 1.165) is 61.6 Å². The largest absolute Gasteiger partial charge is 0.343 e. The molecule has 2 amide bonds. The number of carbonyl (C=O) groups excluding carboxylic acids is 2. The van der Waals surface area contributed by atoms with Crippen molar-refractivity contribution in [2.24, 2.45) is 0 Å². The van der Waals surface area contributed by atoms with Gasteiger partial charge in [-0.15, -0.1) is 11.3 Å². The molecule has 1 N–H and O–H groups in total. The second kappa shape index (κ2) is 10.9. The average molecular weight is 481 g/mol. The van der Waals surface area contributed by atoms with Gasteiger partial charge in [-0.25, -0.2) is 14.6 Å². The fourth-order valence-electron chi connectivity index (χ4n) is 4.33. The van der Waals surface area contributed by atoms with Gasteiger partial charge >= 0.3 is 0 Å². The molecule has 1 aliphatic heterocycles. The Kier molecular flexibility index (Phi) is 7.72. The van der Waals surface area contributed by atoms with Crippen LogP contribution in [0.5, 0.6) is 0 Å². The van der Waals surface area contributed by atoms with Gasteiger partial charge in [-0.1, -0.05) is 19.8 Å². The third-order valence-electron chi connectivity index (χ3n) is 6.19. The van der Waals surface area contributed by atoms with Gasteiger partial charge in [0.05, 0.1) is 16.4 Å². The summed E-state index contributed by atoms with van der Waals surface area (Å²) in [6.07, 6.45) is 7.31. The topological polar surface area (TPSA) is 93.0 Å². The van der Waals surface area contributed by atoms with Gasteiger partial charge in [0.1, 0.15) is 5.69 Å². The zero-order valence-corrected chi connectivity index (χ0v) is 20.9. The van der Waals surface area contributed by atoms with Gasteiger partial charge in [0.15, 0.2) is 5.82 Å². The molecule has 0 bridgehead atoms. The molecule has 0 radical (unpaired) electrons. The number of rotatable bonds is 8. The van der Waals surface area contributed by atoms with E-state index in [1.165, 1.54) is 11.3 Å². The molecule has 0 spiro atoms. The highest BCUT2D eigenvalue weighted by molar-refractivity contribution is 7.10. The first-order valence-electron chi connectivity index (χ1n) is 12.0. The summed E-state index contributed by atoms with van der Waals surface area (Å²) in [5.41, 5.74) is 2.82. The second-order valence-corrected chi connectivity index (χ2v) is 9.74. The number of aromatic nitrogens is 4. The van der Waals surface area contributed by atoms with Gasteiger partial charge in [-0.3, -0.25) is 9.59 Å². The van der Waals surface area contributed by atoms with Crippen molar-refractivity contribution in [2.75, 3.05) is 18.4 Å². The van der Waals surface area contributed by atoms with Crippen molar-refractivity contribution in [2.45, 2.75) is 65.2 Å². The van der Waals surface area contributed by atoms with Crippen LogP contribution in [0.3, 0.4) is 0 Å². The number of carbonyl (C=O) groups is 2. The quantitative estimate of drug-likeness (QED) is 0.464. The minimum Gasteiger partial charge on any atom is -0.343 e. The van der Waals surface area contributed by atoms with Gasteiger partial charge in [0.25, 0.3) is 5.91 Å². The van der Waals surface area contributed by atoms with Crippen molar-refractivity contribution in [3.05, 3.63) is 51.9 Å². The van der Waals surface area contributed by atoms with Crippen LogP contribution in [0.4, 0.5) is 5.69 Å². The molecule has 1 aliphatic rings. The minimum absolute atomic E-state index is 0.262. The normalized spacial score (nSPS) is 14.4. The van der Waals surface area contributed by atoms with E-state index in [0.29, 0.717) is 23.6 Å². The number of pyridine rings is 1. The van der Waals surface area contributed by atoms with E-state index in [9.17, 15) is 9.59 Å². The Morgan fingerprint density at radius 1 is 1.21 bits per heavy atom. The Morgan fingerprint density at radius 3 is 2.71 bits per heavy atom. The maximum Gasteiger partial charge on any atom is 0.275 e. The number of unbranched alkanes of at least 4 members (excludes halogenated alkanes) is 2. The van der Waals surface area contributed by atoms with Crippen LogP contribution in [0.1, 0.15) is 78.3 Å². The van der Waals surface area contributed by atoms with Gasteiger partial charge < -0.3 is 10.2 Å². The van der Waals surface area contributed by atoms with Crippen LogP contribution in [0.2, 0.25) is 0 Å². The van der Waals surface area contributed by atoms with Crippen LogP contribution in [0, 0.1) is 13.8 Å². The summed E-state index contributed by atoms with van der Waals surface area (Å²) >= 11 is 1.52. The Hall–Kier alpha value is -3.07. The van der Waals surface area contributed by atoms with Crippen LogP contribution in [0.25, 0.3) is 5.82 Å². The Bertz CT molecular complexity index is 1150. The molecule has 0 aromatic carbocycles. The third-order valence-corrected chi connectivity index (χ3v) is 7.20. The summed E-state index contributed by atoms with van der Waals surface area (Å²) < 4.78 is 1.73. The Labute approximate surface area is 204 Å². The number of aryl methyl sites for hydroxylation is 2. The lowest BCUT2D eigenvalue weighted by atomic mass is 9.97. The fourth-order valence-corrected chi connectivity index (χ4v) is 5.30. The predicted octanol–water partition coefficient (Wildman–Crippen LogP) is 4.88. The fraction of sp³-hybridized carbons (Fsp3) is 0.480.